The first-order chi connectivity index (χ1) is 6.56. The number of nitrogens with two attached hydrogens (primary N) is 1. The number of aliphatic hydroxyl groups is 1. The molecule has 0 bridgehead atoms. The molecule has 0 radical (unpaired) electrons. The molecular formula is C11H16BrNO. The average molecular weight is 258 g/mol. The Morgan fingerprint density at radius 2 is 1.93 bits per heavy atom. The summed E-state index contributed by atoms with van der Waals surface area (Å²) in [6.45, 7) is 2.19. The van der Waals surface area contributed by atoms with Crippen LogP contribution in [0.3, 0.4) is 0 Å². The number of hydrogen-bond acceptors (Lipinski definition) is 2. The number of aliphatic hydroxyl groups excluding tert-OH is 1. The molecule has 0 fully saturated rings. The van der Waals surface area contributed by atoms with E-state index in [1.165, 1.54) is 0 Å². The fraction of sp³-hybridized carbons (Fsp3) is 0.455. The van der Waals surface area contributed by atoms with Crippen molar-refractivity contribution >= 4 is 15.9 Å². The summed E-state index contributed by atoms with van der Waals surface area (Å²) in [5.74, 6) is 0. The third-order valence-corrected chi connectivity index (χ3v) is 2.89. The molecule has 0 saturated carbocycles. The first-order valence-electron chi connectivity index (χ1n) is 4.72. The van der Waals surface area contributed by atoms with Gasteiger partial charge in [-0.2, -0.15) is 0 Å². The lowest BCUT2D eigenvalue weighted by atomic mass is 9.89. The highest BCUT2D eigenvalue weighted by Gasteiger charge is 2.19. The molecule has 1 atom stereocenters. The molecule has 0 saturated heterocycles. The summed E-state index contributed by atoms with van der Waals surface area (Å²) in [7, 11) is 0. The van der Waals surface area contributed by atoms with Gasteiger partial charge in [-0.25, -0.2) is 0 Å². The molecule has 1 aromatic rings. The molecule has 0 aliphatic rings. The van der Waals surface area contributed by atoms with Crippen molar-refractivity contribution in [3.05, 3.63) is 34.3 Å². The fourth-order valence-electron chi connectivity index (χ4n) is 1.42. The number of halogens is 1. The van der Waals surface area contributed by atoms with E-state index in [0.717, 1.165) is 22.9 Å². The highest BCUT2D eigenvalue weighted by molar-refractivity contribution is 9.10. The zero-order valence-corrected chi connectivity index (χ0v) is 9.92. The van der Waals surface area contributed by atoms with Crippen LogP contribution in [0.15, 0.2) is 28.7 Å². The van der Waals surface area contributed by atoms with Gasteiger partial charge in [0.2, 0.25) is 0 Å². The highest BCUT2D eigenvalue weighted by Crippen LogP contribution is 2.24. The van der Waals surface area contributed by atoms with Crippen LogP contribution in [-0.2, 0) is 5.54 Å². The van der Waals surface area contributed by atoms with Crippen molar-refractivity contribution in [1.82, 2.24) is 0 Å². The van der Waals surface area contributed by atoms with Crippen molar-refractivity contribution in [2.75, 3.05) is 6.61 Å². The van der Waals surface area contributed by atoms with Crippen molar-refractivity contribution in [2.45, 2.75) is 25.3 Å². The molecule has 0 aliphatic carbocycles. The first kappa shape index (κ1) is 11.7. The topological polar surface area (TPSA) is 46.2 Å². The normalized spacial score (nSPS) is 15.1. The van der Waals surface area contributed by atoms with E-state index < -0.39 is 0 Å². The Bertz CT molecular complexity index is 282. The van der Waals surface area contributed by atoms with Gasteiger partial charge < -0.3 is 10.8 Å². The van der Waals surface area contributed by atoms with E-state index in [1.54, 1.807) is 0 Å². The molecule has 0 spiro atoms. The van der Waals surface area contributed by atoms with E-state index in [-0.39, 0.29) is 12.1 Å². The van der Waals surface area contributed by atoms with E-state index in [9.17, 15) is 0 Å². The lowest BCUT2D eigenvalue weighted by molar-refractivity contribution is 0.265. The largest absolute Gasteiger partial charge is 0.396 e. The summed E-state index contributed by atoms with van der Waals surface area (Å²) >= 11 is 3.38. The van der Waals surface area contributed by atoms with Crippen LogP contribution in [0.25, 0.3) is 0 Å². The van der Waals surface area contributed by atoms with Crippen LogP contribution in [0.4, 0.5) is 0 Å². The predicted octanol–water partition coefficient (Wildman–Crippen LogP) is 2.40. The Morgan fingerprint density at radius 1 is 1.36 bits per heavy atom. The van der Waals surface area contributed by atoms with Gasteiger partial charge in [0.1, 0.15) is 0 Å². The average Bonchev–Trinajstić information content (AvgIpc) is 2.16. The third kappa shape index (κ3) is 3.08. The molecule has 78 valence electrons. The van der Waals surface area contributed by atoms with Crippen molar-refractivity contribution in [3.8, 4) is 0 Å². The Kier molecular flexibility index (Phi) is 4.11. The molecule has 2 nitrogen and oxygen atoms in total. The summed E-state index contributed by atoms with van der Waals surface area (Å²) in [5.41, 5.74) is 6.91. The number of benzene rings is 1. The maximum atomic E-state index is 8.76. The van der Waals surface area contributed by atoms with Crippen LogP contribution >= 0.6 is 15.9 Å². The van der Waals surface area contributed by atoms with E-state index in [2.05, 4.69) is 15.9 Å². The molecule has 0 aliphatic heterocycles. The van der Waals surface area contributed by atoms with Gasteiger partial charge in [0, 0.05) is 16.6 Å². The lowest BCUT2D eigenvalue weighted by Crippen LogP contribution is -2.33. The van der Waals surface area contributed by atoms with Gasteiger partial charge in [-0.1, -0.05) is 28.1 Å². The van der Waals surface area contributed by atoms with Crippen LogP contribution < -0.4 is 5.73 Å². The Morgan fingerprint density at radius 3 is 2.43 bits per heavy atom. The molecule has 3 heteroatoms. The molecular weight excluding hydrogens is 242 g/mol. The van der Waals surface area contributed by atoms with Crippen LogP contribution in [0.2, 0.25) is 0 Å². The molecule has 1 rings (SSSR count). The Labute approximate surface area is 93.3 Å². The van der Waals surface area contributed by atoms with Gasteiger partial charge in [-0.15, -0.1) is 0 Å². The summed E-state index contributed by atoms with van der Waals surface area (Å²) < 4.78 is 1.05. The maximum Gasteiger partial charge on any atom is 0.0431 e. The second kappa shape index (κ2) is 4.91. The van der Waals surface area contributed by atoms with Gasteiger partial charge in [-0.05, 0) is 37.5 Å². The second-order valence-corrected chi connectivity index (χ2v) is 4.67. The van der Waals surface area contributed by atoms with E-state index in [4.69, 9.17) is 10.8 Å². The summed E-state index contributed by atoms with van der Waals surface area (Å²) in [6.07, 6.45) is 1.54. The molecule has 1 unspecified atom stereocenters. The standard InChI is InChI=1S/C11H16BrNO/c1-11(13,7-2-8-14)9-3-5-10(12)6-4-9/h3-6,14H,2,7-8,13H2,1H3. The second-order valence-electron chi connectivity index (χ2n) is 3.75. The quantitative estimate of drug-likeness (QED) is 0.871. The molecule has 0 aromatic heterocycles. The molecule has 14 heavy (non-hydrogen) atoms. The van der Waals surface area contributed by atoms with Crippen molar-refractivity contribution in [3.63, 3.8) is 0 Å². The molecule has 1 aromatic carbocycles. The van der Waals surface area contributed by atoms with Crippen LogP contribution in [-0.4, -0.2) is 11.7 Å². The number of hydrogen-bond donors (Lipinski definition) is 2. The van der Waals surface area contributed by atoms with Crippen LogP contribution in [0, 0.1) is 0 Å². The molecule has 0 amide bonds. The van der Waals surface area contributed by atoms with Crippen molar-refractivity contribution in [2.24, 2.45) is 5.73 Å². The minimum atomic E-state index is -0.344. The first-order valence-corrected chi connectivity index (χ1v) is 5.51. The predicted molar refractivity (Wildman–Crippen MR) is 62.0 cm³/mol. The third-order valence-electron chi connectivity index (χ3n) is 2.36. The van der Waals surface area contributed by atoms with Gasteiger partial charge >= 0.3 is 0 Å². The van der Waals surface area contributed by atoms with Gasteiger partial charge in [-0.3, -0.25) is 0 Å². The fourth-order valence-corrected chi connectivity index (χ4v) is 1.69. The Balaban J connectivity index is 2.75. The van der Waals surface area contributed by atoms with E-state index >= 15 is 0 Å². The minimum absolute atomic E-state index is 0.198. The molecule has 0 heterocycles. The monoisotopic (exact) mass is 257 g/mol. The SMILES string of the molecule is CC(N)(CCCO)c1ccc(Br)cc1. The van der Waals surface area contributed by atoms with Gasteiger partial charge in [0.25, 0.3) is 0 Å². The zero-order valence-electron chi connectivity index (χ0n) is 8.33. The summed E-state index contributed by atoms with van der Waals surface area (Å²) in [5, 5.41) is 8.76. The van der Waals surface area contributed by atoms with E-state index in [1.807, 2.05) is 31.2 Å². The highest BCUT2D eigenvalue weighted by atomic mass is 79.9. The Hall–Kier alpha value is -0.380. The zero-order chi connectivity index (χ0) is 10.6. The smallest absolute Gasteiger partial charge is 0.0431 e. The maximum absolute atomic E-state index is 8.76. The van der Waals surface area contributed by atoms with E-state index in [0.29, 0.717) is 0 Å². The van der Waals surface area contributed by atoms with Gasteiger partial charge in [0.05, 0.1) is 0 Å². The minimum Gasteiger partial charge on any atom is -0.396 e. The summed E-state index contributed by atoms with van der Waals surface area (Å²) in [4.78, 5) is 0. The van der Waals surface area contributed by atoms with Crippen LogP contribution in [0.5, 0.6) is 0 Å². The number of rotatable bonds is 4. The van der Waals surface area contributed by atoms with Crippen molar-refractivity contribution < 1.29 is 5.11 Å². The summed E-state index contributed by atoms with van der Waals surface area (Å²) in [6, 6.07) is 8.00. The van der Waals surface area contributed by atoms with Crippen LogP contribution in [0.1, 0.15) is 25.3 Å². The van der Waals surface area contributed by atoms with Gasteiger partial charge in [0.15, 0.2) is 0 Å². The lowest BCUT2D eigenvalue weighted by Gasteiger charge is -2.24. The van der Waals surface area contributed by atoms with Crippen molar-refractivity contribution in [1.29, 1.82) is 0 Å². The molecule has 3 N–H and O–H groups in total.